The smallest absolute Gasteiger partial charge is 0.311 e. The van der Waals surface area contributed by atoms with E-state index in [1.165, 1.54) is 12.1 Å². The van der Waals surface area contributed by atoms with Crippen LogP contribution in [0.15, 0.2) is 71.8 Å². The summed E-state index contributed by atoms with van der Waals surface area (Å²) in [6.45, 7) is 1.17. The van der Waals surface area contributed by atoms with Gasteiger partial charge in [0.05, 0.1) is 16.7 Å². The molecule has 30 heavy (non-hydrogen) atoms. The van der Waals surface area contributed by atoms with Crippen molar-refractivity contribution in [3.8, 4) is 0 Å². The maximum atomic E-state index is 13.4. The lowest BCUT2D eigenvalue weighted by Gasteiger charge is -2.11. The highest BCUT2D eigenvalue weighted by Crippen LogP contribution is 2.31. The fraction of sp³-hybridized carbons (Fsp3) is 0.136. The molecule has 0 atom stereocenters. The molecule has 0 fully saturated rings. The summed E-state index contributed by atoms with van der Waals surface area (Å²) < 4.78 is 40.9. The van der Waals surface area contributed by atoms with Gasteiger partial charge in [0.2, 0.25) is 5.82 Å². The summed E-state index contributed by atoms with van der Waals surface area (Å²) in [6.07, 6.45) is -4.68. The second kappa shape index (κ2) is 7.62. The third-order valence-corrected chi connectivity index (χ3v) is 4.73. The number of carbonyl (C=O) groups is 1. The molecular weight excluding hydrogens is 393 g/mol. The number of nitrogens with one attached hydrogen (secondary N) is 1. The second-order valence-corrected chi connectivity index (χ2v) is 6.80. The summed E-state index contributed by atoms with van der Waals surface area (Å²) in [4.78, 5) is 16.0. The van der Waals surface area contributed by atoms with Gasteiger partial charge >= 0.3 is 6.18 Å². The topological polar surface area (TPSA) is 59.3 Å². The van der Waals surface area contributed by atoms with E-state index in [0.29, 0.717) is 5.71 Å². The number of carbonyl (C=O) groups excluding carboxylic acids is 1. The molecule has 152 valence electrons. The van der Waals surface area contributed by atoms with Gasteiger partial charge in [0, 0.05) is 0 Å². The fourth-order valence-corrected chi connectivity index (χ4v) is 3.26. The molecule has 5 nitrogen and oxygen atoms in total. The van der Waals surface area contributed by atoms with E-state index in [9.17, 15) is 18.0 Å². The maximum Gasteiger partial charge on any atom is 0.449 e. The molecule has 0 saturated carbocycles. The molecule has 4 rings (SSSR count). The van der Waals surface area contributed by atoms with Gasteiger partial charge < -0.3 is 4.57 Å². The molecular formula is C22H17F3N4O. The van der Waals surface area contributed by atoms with Gasteiger partial charge in [-0.15, -0.1) is 0 Å². The Bertz CT molecular complexity index is 1270. The van der Waals surface area contributed by atoms with Crippen LogP contribution in [0.2, 0.25) is 0 Å². The predicted molar refractivity (Wildman–Crippen MR) is 109 cm³/mol. The monoisotopic (exact) mass is 410 g/mol. The number of hydrazone groups is 1. The van der Waals surface area contributed by atoms with Gasteiger partial charge in [-0.05, 0) is 41.5 Å². The molecule has 4 aromatic rings. The summed E-state index contributed by atoms with van der Waals surface area (Å²) in [7, 11) is 0. The molecule has 0 bridgehead atoms. The Kier molecular flexibility index (Phi) is 4.99. The van der Waals surface area contributed by atoms with Crippen molar-refractivity contribution in [2.75, 3.05) is 0 Å². The molecule has 0 aliphatic heterocycles. The highest BCUT2D eigenvalue weighted by atomic mass is 19.4. The van der Waals surface area contributed by atoms with E-state index in [4.69, 9.17) is 0 Å². The van der Waals surface area contributed by atoms with Crippen molar-refractivity contribution in [3.63, 3.8) is 0 Å². The number of imidazole rings is 1. The van der Waals surface area contributed by atoms with E-state index in [-0.39, 0.29) is 11.0 Å². The highest BCUT2D eigenvalue weighted by Gasteiger charge is 2.37. The zero-order valence-electron chi connectivity index (χ0n) is 15.9. The SMILES string of the molecule is CC(=NNC(=O)Cn1c(C(F)(F)F)nc2ccccc21)c1ccc2ccccc2c1. The number of amides is 1. The van der Waals surface area contributed by atoms with Crippen LogP contribution < -0.4 is 5.43 Å². The summed E-state index contributed by atoms with van der Waals surface area (Å²) >= 11 is 0. The first kappa shape index (κ1) is 19.6. The highest BCUT2D eigenvalue weighted by molar-refractivity contribution is 6.02. The fourth-order valence-electron chi connectivity index (χ4n) is 3.26. The van der Waals surface area contributed by atoms with Crippen LogP contribution in [0.25, 0.3) is 21.8 Å². The zero-order chi connectivity index (χ0) is 21.3. The van der Waals surface area contributed by atoms with Crippen LogP contribution in [0.3, 0.4) is 0 Å². The van der Waals surface area contributed by atoms with E-state index in [2.05, 4.69) is 15.5 Å². The van der Waals surface area contributed by atoms with E-state index in [1.54, 1.807) is 19.1 Å². The third kappa shape index (κ3) is 3.89. The number of aromatic nitrogens is 2. The minimum absolute atomic E-state index is 0.175. The van der Waals surface area contributed by atoms with Crippen molar-refractivity contribution in [2.24, 2.45) is 5.10 Å². The molecule has 0 aliphatic rings. The minimum Gasteiger partial charge on any atom is -0.311 e. The standard InChI is InChI=1S/C22H17F3N4O/c1-14(16-11-10-15-6-2-3-7-17(15)12-16)27-28-20(30)13-29-19-9-5-4-8-18(19)26-21(29)22(23,24)25/h2-12H,13H2,1H3,(H,28,30). The van der Waals surface area contributed by atoms with Crippen molar-refractivity contribution < 1.29 is 18.0 Å². The average molecular weight is 410 g/mol. The predicted octanol–water partition coefficient (Wildman–Crippen LogP) is 4.75. The Morgan fingerprint density at radius 1 is 1.03 bits per heavy atom. The number of hydrogen-bond acceptors (Lipinski definition) is 3. The van der Waals surface area contributed by atoms with Crippen LogP contribution >= 0.6 is 0 Å². The van der Waals surface area contributed by atoms with Crippen molar-refractivity contribution in [3.05, 3.63) is 78.1 Å². The van der Waals surface area contributed by atoms with Gasteiger partial charge in [0.1, 0.15) is 6.54 Å². The summed E-state index contributed by atoms with van der Waals surface area (Å²) in [5.41, 5.74) is 4.10. The van der Waals surface area contributed by atoms with Crippen molar-refractivity contribution in [2.45, 2.75) is 19.6 Å². The van der Waals surface area contributed by atoms with Crippen LogP contribution in [0.4, 0.5) is 13.2 Å². The van der Waals surface area contributed by atoms with Gasteiger partial charge in [0.25, 0.3) is 5.91 Å². The van der Waals surface area contributed by atoms with Crippen molar-refractivity contribution in [1.82, 2.24) is 15.0 Å². The number of alkyl halides is 3. The van der Waals surface area contributed by atoms with E-state index >= 15 is 0 Å². The lowest BCUT2D eigenvalue weighted by molar-refractivity contribution is -0.147. The van der Waals surface area contributed by atoms with Crippen LogP contribution in [-0.2, 0) is 17.5 Å². The van der Waals surface area contributed by atoms with Gasteiger partial charge in [-0.3, -0.25) is 4.79 Å². The molecule has 8 heteroatoms. The van der Waals surface area contributed by atoms with E-state index in [1.807, 2.05) is 42.5 Å². The average Bonchev–Trinajstić information content (AvgIpc) is 3.10. The zero-order valence-corrected chi connectivity index (χ0v) is 15.9. The molecule has 0 spiro atoms. The van der Waals surface area contributed by atoms with Crippen LogP contribution in [0, 0.1) is 0 Å². The number of rotatable bonds is 4. The molecule has 1 amide bonds. The lowest BCUT2D eigenvalue weighted by Crippen LogP contribution is -2.27. The van der Waals surface area contributed by atoms with E-state index in [0.717, 1.165) is 20.9 Å². The minimum atomic E-state index is -4.68. The molecule has 0 unspecified atom stereocenters. The molecule has 1 N–H and O–H groups in total. The Morgan fingerprint density at radius 2 is 1.73 bits per heavy atom. The molecule has 1 heterocycles. The number of para-hydroxylation sites is 2. The lowest BCUT2D eigenvalue weighted by atomic mass is 10.0. The van der Waals surface area contributed by atoms with Gasteiger partial charge in [-0.1, -0.05) is 48.5 Å². The first-order valence-corrected chi connectivity index (χ1v) is 9.18. The Hall–Kier alpha value is -3.68. The molecule has 1 aromatic heterocycles. The first-order valence-electron chi connectivity index (χ1n) is 9.18. The quantitative estimate of drug-likeness (QED) is 0.390. The summed E-state index contributed by atoms with van der Waals surface area (Å²) in [6, 6.07) is 19.7. The van der Waals surface area contributed by atoms with Gasteiger partial charge in [-0.25, -0.2) is 10.4 Å². The second-order valence-electron chi connectivity index (χ2n) is 6.80. The van der Waals surface area contributed by atoms with Crippen molar-refractivity contribution >= 4 is 33.4 Å². The van der Waals surface area contributed by atoms with Crippen molar-refractivity contribution in [1.29, 1.82) is 0 Å². The molecule has 3 aromatic carbocycles. The Labute approximate surface area is 169 Å². The van der Waals surface area contributed by atoms with Crippen LogP contribution in [-0.4, -0.2) is 21.2 Å². The number of hydrogen-bond donors (Lipinski definition) is 1. The van der Waals surface area contributed by atoms with Gasteiger partial charge in [-0.2, -0.15) is 18.3 Å². The Morgan fingerprint density at radius 3 is 2.50 bits per heavy atom. The number of nitrogens with zero attached hydrogens (tertiary/aromatic N) is 3. The molecule has 0 radical (unpaired) electrons. The summed E-state index contributed by atoms with van der Waals surface area (Å²) in [5, 5.41) is 6.15. The largest absolute Gasteiger partial charge is 0.449 e. The Balaban J connectivity index is 1.56. The maximum absolute atomic E-state index is 13.4. The first-order chi connectivity index (χ1) is 14.3. The normalized spacial score (nSPS) is 12.5. The van der Waals surface area contributed by atoms with Gasteiger partial charge in [0.15, 0.2) is 0 Å². The van der Waals surface area contributed by atoms with Crippen LogP contribution in [0.5, 0.6) is 0 Å². The molecule has 0 aliphatic carbocycles. The number of halogens is 3. The van der Waals surface area contributed by atoms with Crippen LogP contribution in [0.1, 0.15) is 18.3 Å². The van der Waals surface area contributed by atoms with E-state index < -0.39 is 24.5 Å². The number of fused-ring (bicyclic) bond motifs is 2. The number of benzene rings is 3. The summed E-state index contributed by atoms with van der Waals surface area (Å²) in [5.74, 6) is -1.79. The third-order valence-electron chi connectivity index (χ3n) is 4.73. The molecule has 0 saturated heterocycles.